The summed E-state index contributed by atoms with van der Waals surface area (Å²) in [5.41, 5.74) is -4.58. The smallest absolute Gasteiger partial charge is 0.267 e. The number of hydrogen-bond donors (Lipinski definition) is 1. The monoisotopic (exact) mass is 293 g/mol. The minimum Gasteiger partial charge on any atom is -0.267 e. The first kappa shape index (κ1) is 13.9. The number of benzene rings is 1. The molecular formula is C10H4F5N3O2. The summed E-state index contributed by atoms with van der Waals surface area (Å²) < 4.78 is 63.9. The predicted molar refractivity (Wildman–Crippen MR) is 55.6 cm³/mol. The molecule has 1 aromatic carbocycles. The highest BCUT2D eigenvalue weighted by molar-refractivity contribution is 5.71. The maximum absolute atomic E-state index is 13.5. The lowest BCUT2D eigenvalue weighted by Gasteiger charge is -2.02. The maximum Gasteiger partial charge on any atom is 0.439 e. The zero-order chi connectivity index (χ0) is 15.1. The zero-order valence-electron chi connectivity index (χ0n) is 9.33. The van der Waals surface area contributed by atoms with Crippen molar-refractivity contribution in [2.75, 3.05) is 0 Å². The molecule has 106 valence electrons. The number of aromatic amines is 1. The van der Waals surface area contributed by atoms with E-state index in [1.54, 1.807) is 0 Å². The molecule has 0 bridgehead atoms. The van der Waals surface area contributed by atoms with Crippen LogP contribution in [0.3, 0.4) is 0 Å². The van der Waals surface area contributed by atoms with E-state index < -0.39 is 45.4 Å². The van der Waals surface area contributed by atoms with Gasteiger partial charge in [-0.1, -0.05) is 0 Å². The van der Waals surface area contributed by atoms with Crippen LogP contribution in [0.2, 0.25) is 0 Å². The van der Waals surface area contributed by atoms with Gasteiger partial charge in [-0.25, -0.2) is 8.78 Å². The Labute approximate surface area is 107 Å². The van der Waals surface area contributed by atoms with Crippen molar-refractivity contribution in [3.05, 3.63) is 45.6 Å². The van der Waals surface area contributed by atoms with Gasteiger partial charge in [-0.15, -0.1) is 0 Å². The van der Waals surface area contributed by atoms with Crippen LogP contribution in [0.1, 0.15) is 5.69 Å². The van der Waals surface area contributed by atoms with Gasteiger partial charge in [0, 0.05) is 11.6 Å². The first-order valence-electron chi connectivity index (χ1n) is 4.97. The molecule has 0 fully saturated rings. The lowest BCUT2D eigenvalue weighted by Crippen LogP contribution is -2.08. The highest BCUT2D eigenvalue weighted by atomic mass is 19.4. The fourth-order valence-corrected chi connectivity index (χ4v) is 1.58. The summed E-state index contributed by atoms with van der Waals surface area (Å²) in [6.45, 7) is 0. The Morgan fingerprint density at radius 2 is 1.90 bits per heavy atom. The number of H-pyrrole nitrogens is 1. The Morgan fingerprint density at radius 1 is 1.25 bits per heavy atom. The van der Waals surface area contributed by atoms with Gasteiger partial charge in [0.2, 0.25) is 5.69 Å². The van der Waals surface area contributed by atoms with Crippen LogP contribution in [0.5, 0.6) is 0 Å². The molecule has 0 amide bonds. The van der Waals surface area contributed by atoms with Crippen molar-refractivity contribution in [1.82, 2.24) is 10.2 Å². The molecule has 0 atom stereocenters. The van der Waals surface area contributed by atoms with Gasteiger partial charge in [0.05, 0.1) is 4.92 Å². The topological polar surface area (TPSA) is 71.8 Å². The first-order valence-corrected chi connectivity index (χ1v) is 4.97. The van der Waals surface area contributed by atoms with Crippen LogP contribution >= 0.6 is 0 Å². The third-order valence-electron chi connectivity index (χ3n) is 2.39. The summed E-state index contributed by atoms with van der Waals surface area (Å²) in [6, 6.07) is 1.92. The SMILES string of the molecule is O=[N+]([O-])c1c(-c2ccc(F)cc2F)n[nH]c1C(F)(F)F. The molecule has 0 radical (unpaired) electrons. The van der Waals surface area contributed by atoms with E-state index in [2.05, 4.69) is 5.10 Å². The average Bonchev–Trinajstić information content (AvgIpc) is 2.72. The molecule has 1 aromatic heterocycles. The molecule has 10 heteroatoms. The summed E-state index contributed by atoms with van der Waals surface area (Å²) in [7, 11) is 0. The molecule has 1 heterocycles. The Morgan fingerprint density at radius 3 is 2.40 bits per heavy atom. The molecule has 0 saturated carbocycles. The zero-order valence-corrected chi connectivity index (χ0v) is 9.33. The Kier molecular flexibility index (Phi) is 3.16. The molecule has 5 nitrogen and oxygen atoms in total. The van der Waals surface area contributed by atoms with Gasteiger partial charge >= 0.3 is 11.9 Å². The number of nitrogens with zero attached hydrogens (tertiary/aromatic N) is 2. The Bertz CT molecular complexity index is 680. The molecular weight excluding hydrogens is 289 g/mol. The van der Waals surface area contributed by atoms with E-state index in [9.17, 15) is 32.1 Å². The summed E-state index contributed by atoms with van der Waals surface area (Å²) >= 11 is 0. The summed E-state index contributed by atoms with van der Waals surface area (Å²) in [5, 5.41) is 15.3. The number of nitrogens with one attached hydrogen (secondary N) is 1. The fourth-order valence-electron chi connectivity index (χ4n) is 1.58. The molecule has 0 saturated heterocycles. The molecule has 0 aliphatic carbocycles. The van der Waals surface area contributed by atoms with E-state index in [0.717, 1.165) is 12.1 Å². The Balaban J connectivity index is 2.69. The van der Waals surface area contributed by atoms with E-state index in [0.29, 0.717) is 6.07 Å². The summed E-state index contributed by atoms with van der Waals surface area (Å²) in [5.74, 6) is -2.23. The predicted octanol–water partition coefficient (Wildman–Crippen LogP) is 3.28. The number of rotatable bonds is 2. The third-order valence-corrected chi connectivity index (χ3v) is 2.39. The number of aromatic nitrogens is 2. The van der Waals surface area contributed by atoms with E-state index in [4.69, 9.17) is 0 Å². The maximum atomic E-state index is 13.5. The van der Waals surface area contributed by atoms with Crippen LogP contribution in [0.25, 0.3) is 11.3 Å². The van der Waals surface area contributed by atoms with Crippen molar-refractivity contribution in [1.29, 1.82) is 0 Å². The molecule has 0 aliphatic rings. The van der Waals surface area contributed by atoms with E-state index in [1.165, 1.54) is 5.10 Å². The van der Waals surface area contributed by atoms with Crippen LogP contribution in [0.4, 0.5) is 27.6 Å². The average molecular weight is 293 g/mol. The largest absolute Gasteiger partial charge is 0.439 e. The van der Waals surface area contributed by atoms with Gasteiger partial charge in [-0.3, -0.25) is 15.2 Å². The van der Waals surface area contributed by atoms with Crippen molar-refractivity contribution in [3.8, 4) is 11.3 Å². The van der Waals surface area contributed by atoms with Gasteiger partial charge in [0.15, 0.2) is 5.69 Å². The van der Waals surface area contributed by atoms with Crippen molar-refractivity contribution in [2.24, 2.45) is 0 Å². The number of alkyl halides is 3. The highest BCUT2D eigenvalue weighted by Crippen LogP contribution is 2.40. The second-order valence-corrected chi connectivity index (χ2v) is 3.67. The third kappa shape index (κ3) is 2.31. The van der Waals surface area contributed by atoms with Gasteiger partial charge in [-0.05, 0) is 12.1 Å². The quantitative estimate of drug-likeness (QED) is 0.524. The van der Waals surface area contributed by atoms with Crippen LogP contribution in [-0.2, 0) is 6.18 Å². The van der Waals surface area contributed by atoms with E-state index in [1.807, 2.05) is 0 Å². The molecule has 20 heavy (non-hydrogen) atoms. The van der Waals surface area contributed by atoms with Crippen molar-refractivity contribution in [3.63, 3.8) is 0 Å². The lowest BCUT2D eigenvalue weighted by molar-refractivity contribution is -0.387. The summed E-state index contributed by atoms with van der Waals surface area (Å²) in [6.07, 6.45) is -5.05. The van der Waals surface area contributed by atoms with E-state index >= 15 is 0 Å². The second kappa shape index (κ2) is 4.54. The molecule has 1 N–H and O–H groups in total. The van der Waals surface area contributed by atoms with Crippen molar-refractivity contribution < 1.29 is 26.9 Å². The highest BCUT2D eigenvalue weighted by Gasteiger charge is 2.43. The minimum atomic E-state index is -5.05. The van der Waals surface area contributed by atoms with E-state index in [-0.39, 0.29) is 0 Å². The molecule has 2 rings (SSSR count). The van der Waals surface area contributed by atoms with Crippen molar-refractivity contribution in [2.45, 2.75) is 6.18 Å². The fraction of sp³-hybridized carbons (Fsp3) is 0.100. The van der Waals surface area contributed by atoms with Gasteiger partial charge < -0.3 is 0 Å². The standard InChI is InChI=1S/C10H4F5N3O2/c11-4-1-2-5(6(12)3-4)7-8(18(19)20)9(17-16-7)10(13,14)15/h1-3H,(H,16,17). The normalized spacial score (nSPS) is 11.7. The van der Waals surface area contributed by atoms with Crippen LogP contribution in [0, 0.1) is 21.7 Å². The van der Waals surface area contributed by atoms with Gasteiger partial charge in [0.1, 0.15) is 11.6 Å². The molecule has 0 aliphatic heterocycles. The van der Waals surface area contributed by atoms with Gasteiger partial charge in [-0.2, -0.15) is 18.3 Å². The number of halogens is 5. The van der Waals surface area contributed by atoms with Crippen LogP contribution in [0.15, 0.2) is 18.2 Å². The number of hydrogen-bond acceptors (Lipinski definition) is 3. The summed E-state index contributed by atoms with van der Waals surface area (Å²) in [4.78, 5) is 9.42. The Hall–Kier alpha value is -2.52. The molecule has 0 spiro atoms. The minimum absolute atomic E-state index is 0.390. The van der Waals surface area contributed by atoms with Gasteiger partial charge in [0.25, 0.3) is 0 Å². The van der Waals surface area contributed by atoms with Crippen LogP contribution in [-0.4, -0.2) is 15.1 Å². The first-order chi connectivity index (χ1) is 9.21. The number of nitro groups is 1. The molecule has 0 unspecified atom stereocenters. The van der Waals surface area contributed by atoms with Crippen molar-refractivity contribution >= 4 is 5.69 Å². The van der Waals surface area contributed by atoms with Crippen LogP contribution < -0.4 is 0 Å². The second-order valence-electron chi connectivity index (χ2n) is 3.67. The lowest BCUT2D eigenvalue weighted by atomic mass is 10.1. The molecule has 2 aromatic rings.